The molecule has 0 unspecified atom stereocenters. The maximum atomic E-state index is 10.9. The summed E-state index contributed by atoms with van der Waals surface area (Å²) < 4.78 is 0. The lowest BCUT2D eigenvalue weighted by Gasteiger charge is -2.31. The third-order valence-corrected chi connectivity index (χ3v) is 3.55. The van der Waals surface area contributed by atoms with Crippen LogP contribution in [0.15, 0.2) is 24.3 Å². The van der Waals surface area contributed by atoms with Gasteiger partial charge in [-0.3, -0.25) is 9.69 Å². The number of anilines is 1. The van der Waals surface area contributed by atoms with Crippen LogP contribution in [0.5, 0.6) is 0 Å². The number of nitrogens with zero attached hydrogens (tertiary/aromatic N) is 1. The van der Waals surface area contributed by atoms with Crippen LogP contribution < -0.4 is 11.5 Å². The second kappa shape index (κ2) is 5.87. The van der Waals surface area contributed by atoms with E-state index in [0.29, 0.717) is 12.3 Å². The van der Waals surface area contributed by atoms with Crippen molar-refractivity contribution in [2.75, 3.05) is 18.8 Å². The largest absolute Gasteiger partial charge is 0.399 e. The summed E-state index contributed by atoms with van der Waals surface area (Å²) in [6, 6.07) is 8.02. The number of carbonyl (C=O) groups excluding carboxylic acids is 1. The summed E-state index contributed by atoms with van der Waals surface area (Å²) in [5.74, 6) is 0.295. The van der Waals surface area contributed by atoms with Gasteiger partial charge in [-0.1, -0.05) is 12.1 Å². The van der Waals surface area contributed by atoms with E-state index in [1.807, 2.05) is 18.2 Å². The van der Waals surface area contributed by atoms with Gasteiger partial charge in [0.05, 0.1) is 0 Å². The number of primary amides is 1. The third-order valence-electron chi connectivity index (χ3n) is 3.55. The second-order valence-electron chi connectivity index (χ2n) is 5.13. The maximum absolute atomic E-state index is 10.9. The lowest BCUT2D eigenvalue weighted by atomic mass is 9.93. The van der Waals surface area contributed by atoms with Crippen LogP contribution in [0.3, 0.4) is 0 Å². The number of nitrogens with two attached hydrogens (primary N) is 2. The molecular formula is C14H21N3O. The maximum Gasteiger partial charge on any atom is 0.217 e. The molecule has 2 rings (SSSR count). The first-order valence-corrected chi connectivity index (χ1v) is 6.48. The predicted octanol–water partition coefficient (Wildman–Crippen LogP) is 1.36. The number of amides is 1. The van der Waals surface area contributed by atoms with Gasteiger partial charge in [0.2, 0.25) is 5.91 Å². The Morgan fingerprint density at radius 3 is 2.67 bits per heavy atom. The van der Waals surface area contributed by atoms with Crippen molar-refractivity contribution in [1.29, 1.82) is 0 Å². The van der Waals surface area contributed by atoms with Crippen molar-refractivity contribution < 1.29 is 4.79 Å². The van der Waals surface area contributed by atoms with Gasteiger partial charge in [0.15, 0.2) is 0 Å². The highest BCUT2D eigenvalue weighted by molar-refractivity contribution is 5.73. The number of rotatable bonds is 4. The Balaban J connectivity index is 1.81. The SMILES string of the molecule is NC(=O)CC1CCN(Cc2cccc(N)c2)CC1. The van der Waals surface area contributed by atoms with Crippen LogP contribution in [0.4, 0.5) is 5.69 Å². The van der Waals surface area contributed by atoms with Gasteiger partial charge >= 0.3 is 0 Å². The number of hydrogen-bond acceptors (Lipinski definition) is 3. The molecule has 0 bridgehead atoms. The average molecular weight is 247 g/mol. The number of benzene rings is 1. The molecule has 1 heterocycles. The topological polar surface area (TPSA) is 72.4 Å². The molecule has 1 aliphatic rings. The number of nitrogen functional groups attached to an aromatic ring is 1. The standard InChI is InChI=1S/C14H21N3O/c15-13-3-1-2-12(8-13)10-17-6-4-11(5-7-17)9-14(16)18/h1-3,8,11H,4-7,9-10,15H2,(H2,16,18). The summed E-state index contributed by atoms with van der Waals surface area (Å²) in [7, 11) is 0. The van der Waals surface area contributed by atoms with Gasteiger partial charge in [0, 0.05) is 18.7 Å². The van der Waals surface area contributed by atoms with E-state index in [4.69, 9.17) is 11.5 Å². The van der Waals surface area contributed by atoms with Crippen molar-refractivity contribution in [1.82, 2.24) is 4.90 Å². The highest BCUT2D eigenvalue weighted by Gasteiger charge is 2.20. The summed E-state index contributed by atoms with van der Waals surface area (Å²) in [6.07, 6.45) is 2.66. The summed E-state index contributed by atoms with van der Waals surface area (Å²) in [5, 5.41) is 0. The Morgan fingerprint density at radius 1 is 1.33 bits per heavy atom. The quantitative estimate of drug-likeness (QED) is 0.789. The lowest BCUT2D eigenvalue weighted by molar-refractivity contribution is -0.119. The zero-order chi connectivity index (χ0) is 13.0. The van der Waals surface area contributed by atoms with Crippen molar-refractivity contribution in [3.05, 3.63) is 29.8 Å². The molecule has 4 heteroatoms. The number of hydrogen-bond donors (Lipinski definition) is 2. The summed E-state index contributed by atoms with van der Waals surface area (Å²) >= 11 is 0. The molecule has 1 aromatic carbocycles. The average Bonchev–Trinajstić information content (AvgIpc) is 2.31. The Hall–Kier alpha value is -1.55. The van der Waals surface area contributed by atoms with Crippen LogP contribution in [0.1, 0.15) is 24.8 Å². The monoisotopic (exact) mass is 247 g/mol. The minimum atomic E-state index is -0.177. The smallest absolute Gasteiger partial charge is 0.217 e. The minimum absolute atomic E-state index is 0.177. The van der Waals surface area contributed by atoms with Crippen molar-refractivity contribution in [3.63, 3.8) is 0 Å². The van der Waals surface area contributed by atoms with Gasteiger partial charge in [-0.15, -0.1) is 0 Å². The lowest BCUT2D eigenvalue weighted by Crippen LogP contribution is -2.34. The molecule has 1 aliphatic heterocycles. The van der Waals surface area contributed by atoms with Crippen LogP contribution in [0, 0.1) is 5.92 Å². The van der Waals surface area contributed by atoms with Gasteiger partial charge in [-0.2, -0.15) is 0 Å². The van der Waals surface area contributed by atoms with E-state index in [0.717, 1.165) is 38.2 Å². The third kappa shape index (κ3) is 3.74. The van der Waals surface area contributed by atoms with Crippen molar-refractivity contribution in [2.45, 2.75) is 25.8 Å². The van der Waals surface area contributed by atoms with E-state index >= 15 is 0 Å². The Kier molecular flexibility index (Phi) is 4.20. The molecule has 4 nitrogen and oxygen atoms in total. The van der Waals surface area contributed by atoms with E-state index in [9.17, 15) is 4.79 Å². The van der Waals surface area contributed by atoms with Crippen LogP contribution in [0.2, 0.25) is 0 Å². The first-order chi connectivity index (χ1) is 8.63. The highest BCUT2D eigenvalue weighted by Crippen LogP contribution is 2.21. The van der Waals surface area contributed by atoms with Gasteiger partial charge in [-0.05, 0) is 49.5 Å². The molecule has 0 atom stereocenters. The Bertz CT molecular complexity index is 411. The number of piperidine rings is 1. The molecule has 1 amide bonds. The molecule has 1 fully saturated rings. The van der Waals surface area contributed by atoms with Crippen LogP contribution >= 0.6 is 0 Å². The predicted molar refractivity (Wildman–Crippen MR) is 72.7 cm³/mol. The molecule has 98 valence electrons. The minimum Gasteiger partial charge on any atom is -0.399 e. The molecule has 4 N–H and O–H groups in total. The van der Waals surface area contributed by atoms with Gasteiger partial charge in [0.1, 0.15) is 0 Å². The number of likely N-dealkylation sites (tertiary alicyclic amines) is 1. The first kappa shape index (κ1) is 12.9. The van der Waals surface area contributed by atoms with Crippen LogP contribution in [0.25, 0.3) is 0 Å². The van der Waals surface area contributed by atoms with E-state index in [2.05, 4.69) is 11.0 Å². The van der Waals surface area contributed by atoms with E-state index in [1.54, 1.807) is 0 Å². The zero-order valence-electron chi connectivity index (χ0n) is 10.6. The summed E-state index contributed by atoms with van der Waals surface area (Å²) in [6.45, 7) is 3.01. The van der Waals surface area contributed by atoms with Crippen molar-refractivity contribution in [3.8, 4) is 0 Å². The first-order valence-electron chi connectivity index (χ1n) is 6.48. The molecule has 1 saturated heterocycles. The van der Waals surface area contributed by atoms with Crippen molar-refractivity contribution in [2.24, 2.45) is 11.7 Å². The normalized spacial score (nSPS) is 17.8. The fraction of sp³-hybridized carbons (Fsp3) is 0.500. The molecule has 0 saturated carbocycles. The zero-order valence-corrected chi connectivity index (χ0v) is 10.6. The molecule has 0 aromatic heterocycles. The fourth-order valence-corrected chi connectivity index (χ4v) is 2.58. The molecule has 0 spiro atoms. The van der Waals surface area contributed by atoms with E-state index < -0.39 is 0 Å². The second-order valence-corrected chi connectivity index (χ2v) is 5.13. The summed E-state index contributed by atoms with van der Waals surface area (Å²) in [5.41, 5.74) is 13.1. The molecular weight excluding hydrogens is 226 g/mol. The van der Waals surface area contributed by atoms with Gasteiger partial charge in [0.25, 0.3) is 0 Å². The molecule has 1 aromatic rings. The van der Waals surface area contributed by atoms with Crippen LogP contribution in [-0.2, 0) is 11.3 Å². The van der Waals surface area contributed by atoms with E-state index in [-0.39, 0.29) is 5.91 Å². The Morgan fingerprint density at radius 2 is 2.06 bits per heavy atom. The highest BCUT2D eigenvalue weighted by atomic mass is 16.1. The Labute approximate surface area is 108 Å². The van der Waals surface area contributed by atoms with Crippen molar-refractivity contribution >= 4 is 11.6 Å². The molecule has 0 radical (unpaired) electrons. The van der Waals surface area contributed by atoms with Gasteiger partial charge < -0.3 is 11.5 Å². The fourth-order valence-electron chi connectivity index (χ4n) is 2.58. The summed E-state index contributed by atoms with van der Waals surface area (Å²) in [4.78, 5) is 13.3. The van der Waals surface area contributed by atoms with Gasteiger partial charge in [-0.25, -0.2) is 0 Å². The van der Waals surface area contributed by atoms with E-state index in [1.165, 1.54) is 5.56 Å². The number of carbonyl (C=O) groups is 1. The molecule has 18 heavy (non-hydrogen) atoms. The molecule has 0 aliphatic carbocycles. The van der Waals surface area contributed by atoms with Crippen LogP contribution in [-0.4, -0.2) is 23.9 Å².